The summed E-state index contributed by atoms with van der Waals surface area (Å²) in [4.78, 5) is 18.9. The Hall–Kier alpha value is -2.33. The van der Waals surface area contributed by atoms with E-state index >= 15 is 0 Å². The Morgan fingerprint density at radius 1 is 0.933 bits per heavy atom. The predicted molar refractivity (Wildman–Crippen MR) is 108 cm³/mol. The van der Waals surface area contributed by atoms with Crippen molar-refractivity contribution in [3.63, 3.8) is 0 Å². The number of piperazine rings is 1. The lowest BCUT2D eigenvalue weighted by Gasteiger charge is -2.38. The van der Waals surface area contributed by atoms with Crippen molar-refractivity contribution in [3.8, 4) is 0 Å². The highest BCUT2D eigenvalue weighted by Crippen LogP contribution is 2.36. The molecule has 2 fully saturated rings. The van der Waals surface area contributed by atoms with Crippen molar-refractivity contribution < 1.29 is 17.9 Å². The molecule has 0 spiro atoms. The van der Waals surface area contributed by atoms with Crippen LogP contribution < -0.4 is 14.7 Å². The number of ether oxygens (including phenoxy) is 1. The van der Waals surface area contributed by atoms with Gasteiger partial charge in [0.2, 0.25) is 5.95 Å². The number of halogens is 4. The molecule has 0 saturated carbocycles. The molecule has 2 aliphatic heterocycles. The first-order chi connectivity index (χ1) is 14.3. The van der Waals surface area contributed by atoms with Crippen LogP contribution in [0.3, 0.4) is 0 Å². The number of nitrogens with zero attached hydrogens (tertiary/aromatic N) is 6. The molecule has 4 rings (SSSR count). The summed E-state index contributed by atoms with van der Waals surface area (Å²) < 4.78 is 45.4. The van der Waals surface area contributed by atoms with E-state index in [1.165, 1.54) is 12.3 Å². The average molecular weight is 443 g/mol. The Kier molecular flexibility index (Phi) is 5.88. The molecule has 11 heteroatoms. The monoisotopic (exact) mass is 442 g/mol. The fourth-order valence-electron chi connectivity index (χ4n) is 3.68. The average Bonchev–Trinajstić information content (AvgIpc) is 2.76. The normalized spacial score (nSPS) is 18.1. The number of anilines is 3. The van der Waals surface area contributed by atoms with E-state index < -0.39 is 11.7 Å². The van der Waals surface area contributed by atoms with Crippen LogP contribution in [-0.2, 0) is 10.9 Å². The summed E-state index contributed by atoms with van der Waals surface area (Å²) in [5.74, 6) is 1.24. The lowest BCUT2D eigenvalue weighted by atomic mass is 10.2. The highest BCUT2D eigenvalue weighted by molar-refractivity contribution is 6.30. The number of hydrogen-bond donors (Lipinski definition) is 0. The minimum absolute atomic E-state index is 0.0314. The molecule has 162 valence electrons. The maximum Gasteiger partial charge on any atom is 0.419 e. The van der Waals surface area contributed by atoms with Crippen LogP contribution in [0.15, 0.2) is 18.3 Å². The van der Waals surface area contributed by atoms with E-state index in [-0.39, 0.29) is 5.82 Å². The van der Waals surface area contributed by atoms with Gasteiger partial charge in [-0.25, -0.2) is 9.97 Å². The molecule has 2 aliphatic rings. The zero-order chi connectivity index (χ0) is 21.3. The summed E-state index contributed by atoms with van der Waals surface area (Å²) in [5, 5.41) is 0.382. The molecule has 2 saturated heterocycles. The van der Waals surface area contributed by atoms with Crippen molar-refractivity contribution >= 4 is 29.2 Å². The van der Waals surface area contributed by atoms with Crippen molar-refractivity contribution in [3.05, 3.63) is 34.6 Å². The maximum atomic E-state index is 13.3. The summed E-state index contributed by atoms with van der Waals surface area (Å²) in [5.41, 5.74) is 0.0465. The smallest absolute Gasteiger partial charge is 0.378 e. The first kappa shape index (κ1) is 20.9. The molecule has 30 heavy (non-hydrogen) atoms. The Morgan fingerprint density at radius 3 is 2.20 bits per heavy atom. The van der Waals surface area contributed by atoms with Crippen molar-refractivity contribution in [1.82, 2.24) is 15.0 Å². The van der Waals surface area contributed by atoms with Gasteiger partial charge in [-0.3, -0.25) is 0 Å². The van der Waals surface area contributed by atoms with Gasteiger partial charge in [-0.1, -0.05) is 11.6 Å². The fourth-order valence-corrected chi connectivity index (χ4v) is 3.84. The van der Waals surface area contributed by atoms with Gasteiger partial charge >= 0.3 is 6.18 Å². The van der Waals surface area contributed by atoms with E-state index in [4.69, 9.17) is 21.3 Å². The van der Waals surface area contributed by atoms with E-state index in [2.05, 4.69) is 9.97 Å². The van der Waals surface area contributed by atoms with Crippen LogP contribution in [0.25, 0.3) is 0 Å². The van der Waals surface area contributed by atoms with Gasteiger partial charge in [0, 0.05) is 51.0 Å². The molecule has 2 aromatic rings. The van der Waals surface area contributed by atoms with Crippen molar-refractivity contribution in [2.45, 2.75) is 13.1 Å². The van der Waals surface area contributed by atoms with Crippen LogP contribution in [0.5, 0.6) is 0 Å². The van der Waals surface area contributed by atoms with Crippen LogP contribution in [0.4, 0.5) is 30.8 Å². The third kappa shape index (κ3) is 4.24. The summed E-state index contributed by atoms with van der Waals surface area (Å²) in [6.45, 7) is 6.24. The highest BCUT2D eigenvalue weighted by Gasteiger charge is 2.36. The second-order valence-electron chi connectivity index (χ2n) is 7.21. The van der Waals surface area contributed by atoms with E-state index in [1.807, 2.05) is 16.7 Å². The van der Waals surface area contributed by atoms with E-state index in [0.717, 1.165) is 11.6 Å². The summed E-state index contributed by atoms with van der Waals surface area (Å²) >= 11 is 6.37. The number of aromatic nitrogens is 3. The number of rotatable bonds is 3. The number of pyridine rings is 1. The molecule has 0 amide bonds. The van der Waals surface area contributed by atoms with Crippen molar-refractivity contribution in [1.29, 1.82) is 0 Å². The van der Waals surface area contributed by atoms with Crippen LogP contribution in [0.2, 0.25) is 5.15 Å². The Labute approximate surface area is 177 Å². The predicted octanol–water partition coefficient (Wildman–Crippen LogP) is 3.02. The van der Waals surface area contributed by atoms with Crippen LogP contribution in [-0.4, -0.2) is 67.4 Å². The van der Waals surface area contributed by atoms with Gasteiger partial charge in [0.15, 0.2) is 0 Å². The number of morpholine rings is 1. The quantitative estimate of drug-likeness (QED) is 0.677. The highest BCUT2D eigenvalue weighted by atomic mass is 35.5. The minimum atomic E-state index is -4.44. The lowest BCUT2D eigenvalue weighted by molar-refractivity contribution is -0.137. The molecule has 0 atom stereocenters. The molecule has 0 aromatic carbocycles. The van der Waals surface area contributed by atoms with E-state index in [9.17, 15) is 13.2 Å². The second-order valence-corrected chi connectivity index (χ2v) is 7.57. The van der Waals surface area contributed by atoms with Gasteiger partial charge in [0.25, 0.3) is 0 Å². The third-order valence-corrected chi connectivity index (χ3v) is 5.68. The summed E-state index contributed by atoms with van der Waals surface area (Å²) in [6.07, 6.45) is -3.05. The van der Waals surface area contributed by atoms with Gasteiger partial charge in [-0.05, 0) is 19.1 Å². The SMILES string of the molecule is Cc1c(Cl)nc(N2CCOCC2)nc1N1CCN(c2ncccc2C(F)(F)F)CC1. The fraction of sp³-hybridized carbons (Fsp3) is 0.526. The molecular formula is C19H22ClF3N6O. The standard InChI is InChI=1S/C19H22ClF3N6O/c1-13-15(20)25-18(29-9-11-30-12-10-29)26-16(13)27-5-7-28(8-6-27)17-14(19(21,22)23)3-2-4-24-17/h2-4H,5-12H2,1H3. The molecular weight excluding hydrogens is 421 g/mol. The molecule has 0 bridgehead atoms. The first-order valence-electron chi connectivity index (χ1n) is 9.73. The molecule has 7 nitrogen and oxygen atoms in total. The van der Waals surface area contributed by atoms with E-state index in [0.29, 0.717) is 69.4 Å². The summed E-state index contributed by atoms with van der Waals surface area (Å²) in [6, 6.07) is 2.37. The van der Waals surface area contributed by atoms with Gasteiger partial charge < -0.3 is 19.4 Å². The second kappa shape index (κ2) is 8.43. The van der Waals surface area contributed by atoms with Crippen LogP contribution >= 0.6 is 11.6 Å². The van der Waals surface area contributed by atoms with Crippen molar-refractivity contribution in [2.24, 2.45) is 0 Å². The number of hydrogen-bond acceptors (Lipinski definition) is 7. The Balaban J connectivity index is 1.53. The topological polar surface area (TPSA) is 57.6 Å². The molecule has 0 aliphatic carbocycles. The lowest BCUT2D eigenvalue weighted by Crippen LogP contribution is -2.48. The number of alkyl halides is 3. The summed E-state index contributed by atoms with van der Waals surface area (Å²) in [7, 11) is 0. The Morgan fingerprint density at radius 2 is 1.57 bits per heavy atom. The van der Waals surface area contributed by atoms with Crippen LogP contribution in [0, 0.1) is 6.92 Å². The molecule has 0 radical (unpaired) electrons. The van der Waals surface area contributed by atoms with Gasteiger partial charge in [-0.15, -0.1) is 0 Å². The van der Waals surface area contributed by atoms with Crippen LogP contribution in [0.1, 0.15) is 11.1 Å². The minimum Gasteiger partial charge on any atom is -0.378 e. The zero-order valence-electron chi connectivity index (χ0n) is 16.5. The molecule has 0 unspecified atom stereocenters. The van der Waals surface area contributed by atoms with Gasteiger partial charge in [-0.2, -0.15) is 18.2 Å². The van der Waals surface area contributed by atoms with Gasteiger partial charge in [0.1, 0.15) is 16.8 Å². The van der Waals surface area contributed by atoms with Crippen molar-refractivity contribution in [2.75, 3.05) is 67.2 Å². The first-order valence-corrected chi connectivity index (χ1v) is 10.1. The molecule has 4 heterocycles. The molecule has 2 aromatic heterocycles. The maximum absolute atomic E-state index is 13.3. The largest absolute Gasteiger partial charge is 0.419 e. The van der Waals surface area contributed by atoms with Gasteiger partial charge in [0.05, 0.1) is 18.8 Å². The zero-order valence-corrected chi connectivity index (χ0v) is 17.2. The Bertz CT molecular complexity index is 898. The van der Waals surface area contributed by atoms with E-state index in [1.54, 1.807) is 4.90 Å². The third-order valence-electron chi connectivity index (χ3n) is 5.31. The molecule has 0 N–H and O–H groups in total.